The van der Waals surface area contributed by atoms with E-state index >= 15 is 0 Å². The first kappa shape index (κ1) is 15.8. The zero-order chi connectivity index (χ0) is 14.5. The fraction of sp³-hybridized carbons (Fsp3) is 0.562. The fourth-order valence-corrected chi connectivity index (χ4v) is 3.23. The van der Waals surface area contributed by atoms with E-state index in [1.165, 1.54) is 19.3 Å². The molecule has 4 heteroatoms. The molecule has 0 N–H and O–H groups in total. The minimum atomic E-state index is -0.0991. The summed E-state index contributed by atoms with van der Waals surface area (Å²) in [7, 11) is 0. The van der Waals surface area contributed by atoms with Crippen molar-refractivity contribution in [2.45, 2.75) is 45.1 Å². The van der Waals surface area contributed by atoms with Crippen LogP contribution in [0.4, 0.5) is 0 Å². The molecule has 110 valence electrons. The Kier molecular flexibility index (Phi) is 5.88. The molecule has 0 saturated heterocycles. The number of hydrogen-bond acceptors (Lipinski definition) is 2. The predicted molar refractivity (Wildman–Crippen MR) is 82.8 cm³/mol. The normalized spacial score (nSPS) is 22.8. The number of ether oxygens (including phenoxy) is 1. The molecule has 1 aliphatic carbocycles. The first-order chi connectivity index (χ1) is 9.61. The Labute approximate surface area is 130 Å². The van der Waals surface area contributed by atoms with Crippen molar-refractivity contribution in [2.75, 3.05) is 6.61 Å². The maximum Gasteiger partial charge on any atom is 0.190 e. The van der Waals surface area contributed by atoms with Crippen LogP contribution in [-0.4, -0.2) is 18.5 Å². The zero-order valence-corrected chi connectivity index (χ0v) is 13.2. The predicted octanol–water partition coefficient (Wildman–Crippen LogP) is 5.16. The van der Waals surface area contributed by atoms with Gasteiger partial charge in [0.1, 0.15) is 6.61 Å². The molecule has 0 aromatic heterocycles. The highest BCUT2D eigenvalue weighted by Gasteiger charge is 2.25. The Morgan fingerprint density at radius 2 is 2.05 bits per heavy atom. The molecule has 1 fully saturated rings. The number of hydrogen-bond donors (Lipinski definition) is 0. The van der Waals surface area contributed by atoms with Crippen molar-refractivity contribution in [1.82, 2.24) is 0 Å². The van der Waals surface area contributed by atoms with Gasteiger partial charge in [-0.15, -0.1) is 0 Å². The average molecular weight is 315 g/mol. The molecule has 20 heavy (non-hydrogen) atoms. The van der Waals surface area contributed by atoms with Gasteiger partial charge in [0.15, 0.2) is 5.78 Å². The van der Waals surface area contributed by atoms with Gasteiger partial charge in [-0.3, -0.25) is 4.79 Å². The number of benzene rings is 1. The van der Waals surface area contributed by atoms with Crippen LogP contribution in [0.5, 0.6) is 0 Å². The number of ketones is 1. The molecule has 0 heterocycles. The fourth-order valence-electron chi connectivity index (χ4n) is 2.83. The molecule has 0 bridgehead atoms. The van der Waals surface area contributed by atoms with Crippen molar-refractivity contribution in [1.29, 1.82) is 0 Å². The first-order valence-corrected chi connectivity index (χ1v) is 7.97. The van der Waals surface area contributed by atoms with E-state index in [2.05, 4.69) is 6.92 Å². The Hall–Kier alpha value is -0.570. The lowest BCUT2D eigenvalue weighted by molar-refractivity contribution is -0.00569. The topological polar surface area (TPSA) is 26.3 Å². The van der Waals surface area contributed by atoms with Crippen LogP contribution in [0.25, 0.3) is 0 Å². The van der Waals surface area contributed by atoms with E-state index in [-0.39, 0.29) is 18.5 Å². The quantitative estimate of drug-likeness (QED) is 0.701. The highest BCUT2D eigenvalue weighted by Crippen LogP contribution is 2.29. The monoisotopic (exact) mass is 314 g/mol. The first-order valence-electron chi connectivity index (χ1n) is 7.21. The lowest BCUT2D eigenvalue weighted by atomic mass is 9.85. The number of carbonyl (C=O) groups excluding carboxylic acids is 1. The number of carbonyl (C=O) groups is 1. The number of rotatable bonds is 5. The highest BCUT2D eigenvalue weighted by molar-refractivity contribution is 6.35. The van der Waals surface area contributed by atoms with Crippen LogP contribution in [0.1, 0.15) is 49.4 Å². The third-order valence-corrected chi connectivity index (χ3v) is 4.59. The van der Waals surface area contributed by atoms with Crippen LogP contribution in [0.2, 0.25) is 10.0 Å². The van der Waals surface area contributed by atoms with E-state index in [0.29, 0.717) is 21.5 Å². The summed E-state index contributed by atoms with van der Waals surface area (Å²) < 4.78 is 5.85. The van der Waals surface area contributed by atoms with E-state index in [0.717, 1.165) is 12.8 Å². The molecular weight excluding hydrogens is 295 g/mol. The SMILES string of the molecule is CCC1CCCCC1OCC(=O)c1cc(Cl)ccc1Cl. The molecule has 0 radical (unpaired) electrons. The van der Waals surface area contributed by atoms with E-state index in [9.17, 15) is 4.79 Å². The second kappa shape index (κ2) is 7.44. The van der Waals surface area contributed by atoms with Gasteiger partial charge in [0, 0.05) is 10.6 Å². The lowest BCUT2D eigenvalue weighted by Crippen LogP contribution is -2.29. The molecule has 1 aromatic carbocycles. The summed E-state index contributed by atoms with van der Waals surface area (Å²) in [5.74, 6) is 0.476. The molecule has 1 aliphatic rings. The largest absolute Gasteiger partial charge is 0.370 e. The summed E-state index contributed by atoms with van der Waals surface area (Å²) in [6.45, 7) is 2.27. The minimum Gasteiger partial charge on any atom is -0.370 e. The van der Waals surface area contributed by atoms with Crippen molar-refractivity contribution in [3.63, 3.8) is 0 Å². The Morgan fingerprint density at radius 1 is 1.30 bits per heavy atom. The van der Waals surface area contributed by atoms with Gasteiger partial charge in [0.25, 0.3) is 0 Å². The average Bonchev–Trinajstić information content (AvgIpc) is 2.47. The third-order valence-electron chi connectivity index (χ3n) is 4.02. The van der Waals surface area contributed by atoms with Gasteiger partial charge in [0.2, 0.25) is 0 Å². The second-order valence-corrected chi connectivity index (χ2v) is 6.19. The van der Waals surface area contributed by atoms with Crippen LogP contribution >= 0.6 is 23.2 Å². The smallest absolute Gasteiger partial charge is 0.190 e. The second-order valence-electron chi connectivity index (χ2n) is 5.35. The molecule has 2 unspecified atom stereocenters. The van der Waals surface area contributed by atoms with Crippen LogP contribution in [0.15, 0.2) is 18.2 Å². The molecule has 2 atom stereocenters. The van der Waals surface area contributed by atoms with Gasteiger partial charge in [0.05, 0.1) is 11.1 Å². The van der Waals surface area contributed by atoms with E-state index in [1.807, 2.05) is 0 Å². The lowest BCUT2D eigenvalue weighted by Gasteiger charge is -2.30. The van der Waals surface area contributed by atoms with Gasteiger partial charge in [-0.1, -0.05) is 49.4 Å². The zero-order valence-electron chi connectivity index (χ0n) is 11.7. The Bertz CT molecular complexity index is 474. The summed E-state index contributed by atoms with van der Waals surface area (Å²) in [6, 6.07) is 4.93. The van der Waals surface area contributed by atoms with E-state index in [4.69, 9.17) is 27.9 Å². The van der Waals surface area contributed by atoms with Crippen molar-refractivity contribution in [2.24, 2.45) is 5.92 Å². The minimum absolute atomic E-state index is 0.0846. The Balaban J connectivity index is 1.96. The Morgan fingerprint density at radius 3 is 2.80 bits per heavy atom. The van der Waals surface area contributed by atoms with Gasteiger partial charge in [-0.05, 0) is 37.0 Å². The maximum absolute atomic E-state index is 12.2. The standard InChI is InChI=1S/C16H20Cl2O2/c1-2-11-5-3-4-6-16(11)20-10-15(19)13-9-12(17)7-8-14(13)18/h7-9,11,16H,2-6,10H2,1H3. The van der Waals surface area contributed by atoms with E-state index < -0.39 is 0 Å². The van der Waals surface area contributed by atoms with Gasteiger partial charge < -0.3 is 4.74 Å². The summed E-state index contributed by atoms with van der Waals surface area (Å²) in [5.41, 5.74) is 0.447. The summed E-state index contributed by atoms with van der Waals surface area (Å²) in [5, 5.41) is 0.945. The van der Waals surface area contributed by atoms with Crippen LogP contribution in [0.3, 0.4) is 0 Å². The molecular formula is C16H20Cl2O2. The summed E-state index contributed by atoms with van der Waals surface area (Å²) in [6.07, 6.45) is 6.02. The molecule has 1 saturated carbocycles. The van der Waals surface area contributed by atoms with Crippen LogP contribution < -0.4 is 0 Å². The highest BCUT2D eigenvalue weighted by atomic mass is 35.5. The number of Topliss-reactive ketones (excluding diaryl/α,β-unsaturated/α-hetero) is 1. The van der Waals surface area contributed by atoms with Crippen LogP contribution in [0, 0.1) is 5.92 Å². The molecule has 0 spiro atoms. The summed E-state index contributed by atoms with van der Waals surface area (Å²) >= 11 is 11.9. The molecule has 0 amide bonds. The number of halogens is 2. The third kappa shape index (κ3) is 3.97. The van der Waals surface area contributed by atoms with Crippen molar-refractivity contribution in [3.8, 4) is 0 Å². The van der Waals surface area contributed by atoms with Gasteiger partial charge in [-0.25, -0.2) is 0 Å². The summed E-state index contributed by atoms with van der Waals surface area (Å²) in [4.78, 5) is 12.2. The van der Waals surface area contributed by atoms with Crippen LogP contribution in [-0.2, 0) is 4.74 Å². The van der Waals surface area contributed by atoms with E-state index in [1.54, 1.807) is 18.2 Å². The molecule has 1 aromatic rings. The van der Waals surface area contributed by atoms with Crippen molar-refractivity contribution < 1.29 is 9.53 Å². The molecule has 2 rings (SSSR count). The van der Waals surface area contributed by atoms with Crippen molar-refractivity contribution >= 4 is 29.0 Å². The van der Waals surface area contributed by atoms with Crippen molar-refractivity contribution in [3.05, 3.63) is 33.8 Å². The molecule has 2 nitrogen and oxygen atoms in total. The maximum atomic E-state index is 12.2. The van der Waals surface area contributed by atoms with Gasteiger partial charge in [-0.2, -0.15) is 0 Å². The molecule has 0 aliphatic heterocycles. The van der Waals surface area contributed by atoms with Gasteiger partial charge >= 0.3 is 0 Å².